The lowest BCUT2D eigenvalue weighted by Gasteiger charge is -2.34. The lowest BCUT2D eigenvalue weighted by Crippen LogP contribution is -3.00. The Bertz CT molecular complexity index is 228. The molecule has 2 rings (SSSR count). The van der Waals surface area contributed by atoms with E-state index in [2.05, 4.69) is 42.3 Å². The molecule has 2 aliphatic carbocycles. The van der Waals surface area contributed by atoms with E-state index in [0.717, 1.165) is 23.9 Å². The minimum atomic E-state index is 0. The molecule has 0 spiro atoms. The number of fused-ring (bicyclic) bond motifs is 1. The van der Waals surface area contributed by atoms with Gasteiger partial charge in [0.15, 0.2) is 0 Å². The number of nitrogens with zero attached hydrogens (tertiary/aromatic N) is 2. The molecule has 0 N–H and O–H groups in total. The maximum Gasteiger partial charge on any atom is 0.0889 e. The molecule has 0 aromatic rings. The first-order valence-electron chi connectivity index (χ1n) is 6.80. The van der Waals surface area contributed by atoms with Gasteiger partial charge in [0.2, 0.25) is 0 Å². The van der Waals surface area contributed by atoms with Gasteiger partial charge in [-0.2, -0.15) is 0 Å². The molecule has 0 saturated heterocycles. The summed E-state index contributed by atoms with van der Waals surface area (Å²) >= 11 is 0. The summed E-state index contributed by atoms with van der Waals surface area (Å²) in [4.78, 5) is 0. The molecule has 2 fully saturated rings. The van der Waals surface area contributed by atoms with Gasteiger partial charge in [-0.1, -0.05) is 0 Å². The molecule has 0 heterocycles. The molecule has 110 valence electrons. The normalized spacial score (nSPS) is 35.7. The molecule has 0 aromatic heterocycles. The first-order valence-corrected chi connectivity index (χ1v) is 6.80. The highest BCUT2D eigenvalue weighted by atomic mass is 127. The quantitative estimate of drug-likeness (QED) is 0.279. The standard InChI is InChI=1S/C14H30N2.2HI/c1-15(2,3)13-7-11-9-14(16(4,5)6)10-12(11)8-13;;/h11-14H,7-10H2,1-6H3;2*1H/q+2;;/p-2. The van der Waals surface area contributed by atoms with Gasteiger partial charge in [-0.05, 0) is 11.8 Å². The van der Waals surface area contributed by atoms with E-state index in [1.807, 2.05) is 0 Å². The van der Waals surface area contributed by atoms with E-state index < -0.39 is 0 Å². The van der Waals surface area contributed by atoms with Crippen LogP contribution < -0.4 is 48.0 Å². The van der Waals surface area contributed by atoms with Gasteiger partial charge in [0.05, 0.1) is 54.4 Å². The lowest BCUT2D eigenvalue weighted by molar-refractivity contribution is -0.899. The van der Waals surface area contributed by atoms with Gasteiger partial charge in [-0.15, -0.1) is 0 Å². The molecular weight excluding hydrogens is 450 g/mol. The van der Waals surface area contributed by atoms with Crippen molar-refractivity contribution in [2.75, 3.05) is 42.3 Å². The topological polar surface area (TPSA) is 0 Å². The van der Waals surface area contributed by atoms with Crippen LogP contribution in [0.15, 0.2) is 0 Å². The third kappa shape index (κ3) is 4.19. The average Bonchev–Trinajstić information content (AvgIpc) is 2.53. The average molecular weight is 480 g/mol. The summed E-state index contributed by atoms with van der Waals surface area (Å²) in [5, 5.41) is 0. The number of hydrogen-bond acceptors (Lipinski definition) is 0. The molecule has 4 heteroatoms. The van der Waals surface area contributed by atoms with Crippen LogP contribution in [0.2, 0.25) is 0 Å². The van der Waals surface area contributed by atoms with Crippen LogP contribution in [-0.4, -0.2) is 63.3 Å². The van der Waals surface area contributed by atoms with E-state index in [0.29, 0.717) is 0 Å². The van der Waals surface area contributed by atoms with E-state index in [-0.39, 0.29) is 48.0 Å². The summed E-state index contributed by atoms with van der Waals surface area (Å²) in [5.74, 6) is 2.06. The SMILES string of the molecule is C[N+](C)(C)C1CC2CC([N+](C)(C)C)CC2C1.[I-].[I-]. The van der Waals surface area contributed by atoms with Crippen molar-refractivity contribution in [3.05, 3.63) is 0 Å². The van der Waals surface area contributed by atoms with E-state index in [1.165, 1.54) is 34.6 Å². The van der Waals surface area contributed by atoms with Gasteiger partial charge in [0.25, 0.3) is 0 Å². The van der Waals surface area contributed by atoms with Crippen LogP contribution in [0.4, 0.5) is 0 Å². The van der Waals surface area contributed by atoms with Gasteiger partial charge in [0.1, 0.15) is 0 Å². The highest BCUT2D eigenvalue weighted by Gasteiger charge is 2.49. The Balaban J connectivity index is 0.00000144. The van der Waals surface area contributed by atoms with Crippen molar-refractivity contribution >= 4 is 0 Å². The van der Waals surface area contributed by atoms with E-state index in [1.54, 1.807) is 0 Å². The van der Waals surface area contributed by atoms with Gasteiger partial charge < -0.3 is 56.9 Å². The third-order valence-corrected chi connectivity index (χ3v) is 5.16. The molecule has 0 radical (unpaired) electrons. The van der Waals surface area contributed by atoms with Gasteiger partial charge in [-0.3, -0.25) is 0 Å². The fourth-order valence-electron chi connectivity index (χ4n) is 3.82. The van der Waals surface area contributed by atoms with Crippen molar-refractivity contribution in [2.24, 2.45) is 11.8 Å². The third-order valence-electron chi connectivity index (χ3n) is 5.16. The highest BCUT2D eigenvalue weighted by molar-refractivity contribution is 4.92. The molecule has 0 bridgehead atoms. The summed E-state index contributed by atoms with van der Waals surface area (Å²) in [6, 6.07) is 1.84. The molecule has 2 saturated carbocycles. The van der Waals surface area contributed by atoms with Gasteiger partial charge in [0, 0.05) is 25.7 Å². The Morgan fingerprint density at radius 2 is 0.778 bits per heavy atom. The van der Waals surface area contributed by atoms with E-state index in [4.69, 9.17) is 0 Å². The first-order chi connectivity index (χ1) is 7.18. The highest BCUT2D eigenvalue weighted by Crippen LogP contribution is 2.48. The van der Waals surface area contributed by atoms with Crippen LogP contribution in [0.5, 0.6) is 0 Å². The molecule has 2 nitrogen and oxygen atoms in total. The Hall–Kier alpha value is 1.38. The smallest absolute Gasteiger partial charge is 0.0889 e. The molecule has 0 aromatic carbocycles. The number of quaternary nitrogens is 2. The minimum absolute atomic E-state index is 0. The van der Waals surface area contributed by atoms with Crippen LogP contribution in [-0.2, 0) is 0 Å². The van der Waals surface area contributed by atoms with Crippen molar-refractivity contribution in [1.82, 2.24) is 0 Å². The molecule has 0 aliphatic heterocycles. The zero-order chi connectivity index (χ0) is 12.1. The van der Waals surface area contributed by atoms with Crippen molar-refractivity contribution in [3.8, 4) is 0 Å². The number of hydrogen-bond donors (Lipinski definition) is 0. The summed E-state index contributed by atoms with van der Waals surface area (Å²) in [7, 11) is 14.2. The predicted molar refractivity (Wildman–Crippen MR) is 69.1 cm³/mol. The Morgan fingerprint density at radius 3 is 0.944 bits per heavy atom. The largest absolute Gasteiger partial charge is 1.00 e. The van der Waals surface area contributed by atoms with Crippen LogP contribution in [0.25, 0.3) is 0 Å². The second-order valence-electron chi connectivity index (χ2n) is 8.00. The summed E-state index contributed by atoms with van der Waals surface area (Å²) < 4.78 is 2.34. The van der Waals surface area contributed by atoms with Crippen molar-refractivity contribution < 1.29 is 56.9 Å². The first kappa shape index (κ1) is 19.4. The molecule has 0 unspecified atom stereocenters. The zero-order valence-electron chi connectivity index (χ0n) is 12.8. The number of rotatable bonds is 2. The van der Waals surface area contributed by atoms with Crippen molar-refractivity contribution in [3.63, 3.8) is 0 Å². The van der Waals surface area contributed by atoms with E-state index in [9.17, 15) is 0 Å². The Kier molecular flexibility index (Phi) is 6.93. The summed E-state index contributed by atoms with van der Waals surface area (Å²) in [5.41, 5.74) is 0. The molecular formula is C14H30I2N2. The van der Waals surface area contributed by atoms with Crippen LogP contribution in [0, 0.1) is 11.8 Å². The van der Waals surface area contributed by atoms with Crippen molar-refractivity contribution in [1.29, 1.82) is 0 Å². The van der Waals surface area contributed by atoms with E-state index >= 15 is 0 Å². The molecule has 0 amide bonds. The molecule has 2 aliphatic rings. The maximum atomic E-state index is 2.36. The second-order valence-corrected chi connectivity index (χ2v) is 8.00. The van der Waals surface area contributed by atoms with Crippen molar-refractivity contribution in [2.45, 2.75) is 37.8 Å². The van der Waals surface area contributed by atoms with Gasteiger partial charge in [-0.25, -0.2) is 0 Å². The van der Waals surface area contributed by atoms with Crippen LogP contribution >= 0.6 is 0 Å². The second kappa shape index (κ2) is 6.43. The fraction of sp³-hybridized carbons (Fsp3) is 1.00. The van der Waals surface area contributed by atoms with Gasteiger partial charge >= 0.3 is 0 Å². The van der Waals surface area contributed by atoms with Crippen LogP contribution in [0.3, 0.4) is 0 Å². The Morgan fingerprint density at radius 1 is 0.556 bits per heavy atom. The predicted octanol–water partition coefficient (Wildman–Crippen LogP) is -4.04. The minimum Gasteiger partial charge on any atom is -1.00 e. The lowest BCUT2D eigenvalue weighted by atomic mass is 10.0. The maximum absolute atomic E-state index is 2.36. The molecule has 18 heavy (non-hydrogen) atoms. The zero-order valence-corrected chi connectivity index (χ0v) is 17.1. The number of halogens is 2. The summed E-state index contributed by atoms with van der Waals surface area (Å²) in [6.45, 7) is 0. The molecule has 0 atom stereocenters. The Labute approximate surface area is 148 Å². The summed E-state index contributed by atoms with van der Waals surface area (Å²) in [6.07, 6.45) is 5.91. The monoisotopic (exact) mass is 480 g/mol. The van der Waals surface area contributed by atoms with Crippen LogP contribution in [0.1, 0.15) is 25.7 Å². The fourth-order valence-corrected chi connectivity index (χ4v) is 3.82.